The van der Waals surface area contributed by atoms with Crippen LogP contribution in [-0.4, -0.2) is 31.4 Å². The van der Waals surface area contributed by atoms with Crippen LogP contribution in [0.5, 0.6) is 0 Å². The molecular formula is C11H13FN2O5S. The van der Waals surface area contributed by atoms with Crippen LogP contribution in [0.25, 0.3) is 0 Å². The van der Waals surface area contributed by atoms with Crippen molar-refractivity contribution in [1.82, 2.24) is 4.72 Å². The fraction of sp³-hybridized carbons (Fsp3) is 0.273. The number of hydrogen-bond donors (Lipinski definition) is 3. The molecule has 0 aliphatic rings. The number of carboxylic acids is 1. The molecule has 0 aliphatic carbocycles. The maximum Gasteiger partial charge on any atom is 0.321 e. The Morgan fingerprint density at radius 2 is 1.85 bits per heavy atom. The molecule has 1 atom stereocenters. The zero-order valence-electron chi connectivity index (χ0n) is 10.2. The van der Waals surface area contributed by atoms with Gasteiger partial charge in [-0.3, -0.25) is 9.59 Å². The summed E-state index contributed by atoms with van der Waals surface area (Å²) in [4.78, 5) is 21.3. The number of carboxylic acid groups (broad SMARTS) is 1. The van der Waals surface area contributed by atoms with Gasteiger partial charge in [0.1, 0.15) is 11.9 Å². The Kier molecular flexibility index (Phi) is 5.17. The van der Waals surface area contributed by atoms with E-state index in [1.807, 2.05) is 4.72 Å². The number of amides is 1. The van der Waals surface area contributed by atoms with Crippen LogP contribution < -0.4 is 10.5 Å². The molecule has 20 heavy (non-hydrogen) atoms. The molecule has 0 aromatic heterocycles. The van der Waals surface area contributed by atoms with E-state index in [1.54, 1.807) is 0 Å². The highest BCUT2D eigenvalue weighted by Crippen LogP contribution is 2.11. The topological polar surface area (TPSA) is 127 Å². The van der Waals surface area contributed by atoms with Crippen molar-refractivity contribution < 1.29 is 27.5 Å². The van der Waals surface area contributed by atoms with Crippen LogP contribution in [0.4, 0.5) is 4.39 Å². The minimum absolute atomic E-state index is 0.273. The van der Waals surface area contributed by atoms with Gasteiger partial charge in [0.2, 0.25) is 15.9 Å². The lowest BCUT2D eigenvalue weighted by Crippen LogP contribution is -2.41. The second-order valence-corrected chi connectivity index (χ2v) is 5.68. The highest BCUT2D eigenvalue weighted by molar-refractivity contribution is 7.89. The highest BCUT2D eigenvalue weighted by Gasteiger charge is 2.25. The Morgan fingerprint density at radius 3 is 2.30 bits per heavy atom. The molecule has 7 nitrogen and oxygen atoms in total. The molecule has 1 aromatic carbocycles. The average Bonchev–Trinajstić information content (AvgIpc) is 2.34. The van der Waals surface area contributed by atoms with Crippen molar-refractivity contribution in [3.63, 3.8) is 0 Å². The number of nitrogens with one attached hydrogen (secondary N) is 1. The summed E-state index contributed by atoms with van der Waals surface area (Å²) >= 11 is 0. The van der Waals surface area contributed by atoms with Crippen LogP contribution in [0.3, 0.4) is 0 Å². The Balaban J connectivity index is 2.88. The number of carbonyl (C=O) groups is 2. The summed E-state index contributed by atoms with van der Waals surface area (Å²) < 4.78 is 38.4. The largest absolute Gasteiger partial charge is 0.480 e. The minimum atomic E-state index is -4.12. The molecule has 1 unspecified atom stereocenters. The van der Waals surface area contributed by atoms with E-state index in [2.05, 4.69) is 0 Å². The normalized spacial score (nSPS) is 12.8. The first kappa shape index (κ1) is 16.1. The van der Waals surface area contributed by atoms with E-state index in [0.29, 0.717) is 0 Å². The van der Waals surface area contributed by atoms with Gasteiger partial charge in [0, 0.05) is 6.42 Å². The van der Waals surface area contributed by atoms with Crippen molar-refractivity contribution in [2.75, 3.05) is 0 Å². The molecule has 0 spiro atoms. The number of primary amides is 1. The maximum absolute atomic E-state index is 12.7. The Labute approximate surface area is 114 Å². The van der Waals surface area contributed by atoms with Gasteiger partial charge in [-0.15, -0.1) is 0 Å². The third-order valence-electron chi connectivity index (χ3n) is 2.40. The van der Waals surface area contributed by atoms with E-state index in [9.17, 15) is 22.4 Å². The molecule has 0 aliphatic heterocycles. The van der Waals surface area contributed by atoms with E-state index in [-0.39, 0.29) is 17.7 Å². The van der Waals surface area contributed by atoms with Crippen LogP contribution >= 0.6 is 0 Å². The van der Waals surface area contributed by atoms with E-state index in [1.165, 1.54) is 0 Å². The first-order valence-corrected chi connectivity index (χ1v) is 6.99. The van der Waals surface area contributed by atoms with Crippen molar-refractivity contribution in [2.24, 2.45) is 5.73 Å². The number of nitrogens with two attached hydrogens (primary N) is 1. The lowest BCUT2D eigenvalue weighted by Gasteiger charge is -2.14. The third kappa shape index (κ3) is 4.59. The van der Waals surface area contributed by atoms with Crippen LogP contribution in [0.2, 0.25) is 0 Å². The summed E-state index contributed by atoms with van der Waals surface area (Å²) in [7, 11) is -4.12. The number of sulfonamides is 1. The lowest BCUT2D eigenvalue weighted by molar-refractivity contribution is -0.139. The molecule has 0 saturated heterocycles. The van der Waals surface area contributed by atoms with Gasteiger partial charge >= 0.3 is 5.97 Å². The molecule has 0 bridgehead atoms. The first-order chi connectivity index (χ1) is 9.22. The standard InChI is InChI=1S/C11H13FN2O5S/c12-7-1-3-8(4-2-7)20(18,19)14-9(11(16)17)5-6-10(13)15/h1-4,9,14H,5-6H2,(H2,13,15)(H,16,17). The summed E-state index contributed by atoms with van der Waals surface area (Å²) in [5, 5.41) is 8.90. The predicted molar refractivity (Wildman–Crippen MR) is 66.6 cm³/mol. The Hall–Kier alpha value is -2.00. The van der Waals surface area contributed by atoms with Gasteiger partial charge < -0.3 is 10.8 Å². The zero-order chi connectivity index (χ0) is 15.3. The molecule has 0 fully saturated rings. The fourth-order valence-electron chi connectivity index (χ4n) is 1.39. The predicted octanol–water partition coefficient (Wildman–Crippen LogP) is -0.177. The molecule has 1 rings (SSSR count). The summed E-state index contributed by atoms with van der Waals surface area (Å²) in [6, 6.07) is 2.40. The second kappa shape index (κ2) is 6.44. The quantitative estimate of drug-likeness (QED) is 0.644. The highest BCUT2D eigenvalue weighted by atomic mass is 32.2. The third-order valence-corrected chi connectivity index (χ3v) is 3.89. The number of hydrogen-bond acceptors (Lipinski definition) is 4. The van der Waals surface area contributed by atoms with Gasteiger partial charge in [-0.05, 0) is 30.7 Å². The van der Waals surface area contributed by atoms with Gasteiger partial charge in [-0.1, -0.05) is 0 Å². The van der Waals surface area contributed by atoms with Gasteiger partial charge in [0.05, 0.1) is 4.90 Å². The van der Waals surface area contributed by atoms with E-state index < -0.39 is 33.8 Å². The monoisotopic (exact) mass is 304 g/mol. The summed E-state index contributed by atoms with van der Waals surface area (Å²) in [6.45, 7) is 0. The summed E-state index contributed by atoms with van der Waals surface area (Å²) in [6.07, 6.45) is -0.548. The minimum Gasteiger partial charge on any atom is -0.480 e. The van der Waals surface area contributed by atoms with Crippen molar-refractivity contribution in [1.29, 1.82) is 0 Å². The van der Waals surface area contributed by atoms with Crippen molar-refractivity contribution in [3.05, 3.63) is 30.1 Å². The number of aliphatic carboxylic acids is 1. The van der Waals surface area contributed by atoms with Gasteiger partial charge in [-0.2, -0.15) is 4.72 Å². The maximum atomic E-state index is 12.7. The molecule has 0 saturated carbocycles. The van der Waals surface area contributed by atoms with E-state index in [4.69, 9.17) is 10.8 Å². The molecule has 1 aromatic rings. The molecule has 9 heteroatoms. The molecular weight excluding hydrogens is 291 g/mol. The Morgan fingerprint density at radius 1 is 1.30 bits per heavy atom. The van der Waals surface area contributed by atoms with Crippen LogP contribution in [0.1, 0.15) is 12.8 Å². The number of carbonyl (C=O) groups excluding carboxylic acids is 1. The van der Waals surface area contributed by atoms with Crippen molar-refractivity contribution in [3.8, 4) is 0 Å². The van der Waals surface area contributed by atoms with Crippen LogP contribution in [0, 0.1) is 5.82 Å². The number of benzene rings is 1. The van der Waals surface area contributed by atoms with E-state index in [0.717, 1.165) is 24.3 Å². The van der Waals surface area contributed by atoms with E-state index >= 15 is 0 Å². The summed E-state index contributed by atoms with van der Waals surface area (Å²) in [5.74, 6) is -2.79. The van der Waals surface area contributed by atoms with Crippen molar-refractivity contribution >= 4 is 21.9 Å². The molecule has 110 valence electrons. The first-order valence-electron chi connectivity index (χ1n) is 5.51. The lowest BCUT2D eigenvalue weighted by atomic mass is 10.2. The van der Waals surface area contributed by atoms with Gasteiger partial charge in [0.25, 0.3) is 0 Å². The summed E-state index contributed by atoms with van der Waals surface area (Å²) in [5.41, 5.74) is 4.88. The average molecular weight is 304 g/mol. The van der Waals surface area contributed by atoms with Gasteiger partial charge in [0.15, 0.2) is 0 Å². The smallest absolute Gasteiger partial charge is 0.321 e. The van der Waals surface area contributed by atoms with Crippen LogP contribution in [-0.2, 0) is 19.6 Å². The molecule has 0 radical (unpaired) electrons. The molecule has 4 N–H and O–H groups in total. The number of halogens is 1. The SMILES string of the molecule is NC(=O)CCC(NS(=O)(=O)c1ccc(F)cc1)C(=O)O. The zero-order valence-corrected chi connectivity index (χ0v) is 11.1. The fourth-order valence-corrected chi connectivity index (χ4v) is 2.61. The van der Waals surface area contributed by atoms with Gasteiger partial charge in [-0.25, -0.2) is 12.8 Å². The van der Waals surface area contributed by atoms with Crippen molar-refractivity contribution in [2.45, 2.75) is 23.8 Å². The molecule has 0 heterocycles. The second-order valence-electron chi connectivity index (χ2n) is 3.97. The number of rotatable bonds is 7. The molecule has 1 amide bonds. The Bertz CT molecular complexity index is 600. The van der Waals surface area contributed by atoms with Crippen LogP contribution in [0.15, 0.2) is 29.2 Å².